The van der Waals surface area contributed by atoms with E-state index in [1.165, 1.54) is 0 Å². The molecular formula is C10H19NO2. The van der Waals surface area contributed by atoms with Gasteiger partial charge in [-0.1, -0.05) is 25.8 Å². The van der Waals surface area contributed by atoms with Gasteiger partial charge in [-0.3, -0.25) is 0 Å². The molecule has 0 amide bonds. The van der Waals surface area contributed by atoms with Crippen molar-refractivity contribution in [3.05, 3.63) is 12.3 Å². The molecule has 1 unspecified atom stereocenters. The lowest BCUT2D eigenvalue weighted by Crippen LogP contribution is -2.46. The molecule has 0 spiro atoms. The van der Waals surface area contributed by atoms with Crippen molar-refractivity contribution in [2.45, 2.75) is 45.6 Å². The number of hydrogen-bond acceptors (Lipinski definition) is 2. The summed E-state index contributed by atoms with van der Waals surface area (Å²) in [7, 11) is 0. The molecule has 0 aromatic heterocycles. The smallest absolute Gasteiger partial charge is 0.329 e. The summed E-state index contributed by atoms with van der Waals surface area (Å²) in [6, 6.07) is 0. The quantitative estimate of drug-likeness (QED) is 0.666. The van der Waals surface area contributed by atoms with E-state index in [0.717, 1.165) is 12.8 Å². The Morgan fingerprint density at radius 1 is 1.62 bits per heavy atom. The number of hydrogen-bond donors (Lipinski definition) is 2. The molecule has 0 aromatic rings. The number of carboxylic acid groups (broad SMARTS) is 1. The SMILES string of the molecule is CC=CNC(C)(CCCC)C(=O)O. The fourth-order valence-corrected chi connectivity index (χ4v) is 1.04. The lowest BCUT2D eigenvalue weighted by Gasteiger charge is -2.25. The number of unbranched alkanes of at least 4 members (excludes halogenated alkanes) is 1. The number of carboxylic acids is 1. The van der Waals surface area contributed by atoms with Crippen LogP contribution in [0, 0.1) is 0 Å². The summed E-state index contributed by atoms with van der Waals surface area (Å²) < 4.78 is 0. The molecule has 0 aromatic carbocycles. The van der Waals surface area contributed by atoms with Gasteiger partial charge in [0.2, 0.25) is 0 Å². The molecular weight excluding hydrogens is 166 g/mol. The fraction of sp³-hybridized carbons (Fsp3) is 0.700. The highest BCUT2D eigenvalue weighted by atomic mass is 16.4. The van der Waals surface area contributed by atoms with Crippen molar-refractivity contribution < 1.29 is 9.90 Å². The summed E-state index contributed by atoms with van der Waals surface area (Å²) in [5, 5.41) is 11.9. The van der Waals surface area contributed by atoms with Crippen molar-refractivity contribution in [3.8, 4) is 0 Å². The van der Waals surface area contributed by atoms with Crippen LogP contribution < -0.4 is 5.32 Å². The molecule has 2 N–H and O–H groups in total. The molecule has 1 atom stereocenters. The van der Waals surface area contributed by atoms with Crippen molar-refractivity contribution in [1.82, 2.24) is 5.32 Å². The van der Waals surface area contributed by atoms with Gasteiger partial charge in [0.15, 0.2) is 0 Å². The van der Waals surface area contributed by atoms with Crippen LogP contribution in [0.1, 0.15) is 40.0 Å². The van der Waals surface area contributed by atoms with Gasteiger partial charge in [-0.15, -0.1) is 0 Å². The zero-order valence-corrected chi connectivity index (χ0v) is 8.63. The lowest BCUT2D eigenvalue weighted by atomic mass is 9.95. The van der Waals surface area contributed by atoms with Gasteiger partial charge in [-0.2, -0.15) is 0 Å². The summed E-state index contributed by atoms with van der Waals surface area (Å²) in [4.78, 5) is 10.9. The van der Waals surface area contributed by atoms with Crippen LogP contribution in [-0.4, -0.2) is 16.6 Å². The van der Waals surface area contributed by atoms with E-state index in [9.17, 15) is 4.79 Å². The topological polar surface area (TPSA) is 49.3 Å². The first kappa shape index (κ1) is 12.0. The van der Waals surface area contributed by atoms with E-state index in [1.807, 2.05) is 6.92 Å². The largest absolute Gasteiger partial charge is 0.480 e. The molecule has 0 rings (SSSR count). The first-order valence-corrected chi connectivity index (χ1v) is 4.69. The van der Waals surface area contributed by atoms with Gasteiger partial charge in [0, 0.05) is 0 Å². The average molecular weight is 185 g/mol. The number of rotatable bonds is 6. The Labute approximate surface area is 79.8 Å². The molecule has 0 aliphatic heterocycles. The molecule has 3 heteroatoms. The van der Waals surface area contributed by atoms with Crippen molar-refractivity contribution >= 4 is 5.97 Å². The lowest BCUT2D eigenvalue weighted by molar-refractivity contribution is -0.144. The predicted molar refractivity (Wildman–Crippen MR) is 53.5 cm³/mol. The third-order valence-electron chi connectivity index (χ3n) is 2.07. The van der Waals surface area contributed by atoms with Crippen molar-refractivity contribution in [2.75, 3.05) is 0 Å². The number of carbonyl (C=O) groups is 1. The van der Waals surface area contributed by atoms with E-state index in [0.29, 0.717) is 6.42 Å². The standard InChI is InChI=1S/C10H19NO2/c1-4-6-7-10(3,9(12)13)11-8-5-2/h5,8,11H,4,6-7H2,1-3H3,(H,12,13). The summed E-state index contributed by atoms with van der Waals surface area (Å²) in [5.41, 5.74) is -0.817. The highest BCUT2D eigenvalue weighted by Crippen LogP contribution is 2.14. The second kappa shape index (κ2) is 5.62. The maximum Gasteiger partial charge on any atom is 0.329 e. The second-order valence-electron chi connectivity index (χ2n) is 3.39. The van der Waals surface area contributed by atoms with Crippen LogP contribution in [0.4, 0.5) is 0 Å². The molecule has 0 fully saturated rings. The first-order valence-electron chi connectivity index (χ1n) is 4.69. The Balaban J connectivity index is 4.24. The van der Waals surface area contributed by atoms with Gasteiger partial charge >= 0.3 is 5.97 Å². The zero-order valence-electron chi connectivity index (χ0n) is 8.63. The Morgan fingerprint density at radius 2 is 2.23 bits per heavy atom. The molecule has 0 bridgehead atoms. The van der Waals surface area contributed by atoms with Gasteiger partial charge in [0.1, 0.15) is 5.54 Å². The Kier molecular flexibility index (Phi) is 5.19. The summed E-state index contributed by atoms with van der Waals surface area (Å²) in [5.74, 6) is -0.793. The van der Waals surface area contributed by atoms with E-state index in [-0.39, 0.29) is 0 Å². The maximum absolute atomic E-state index is 10.9. The van der Waals surface area contributed by atoms with Crippen LogP contribution in [0.25, 0.3) is 0 Å². The fourth-order valence-electron chi connectivity index (χ4n) is 1.04. The summed E-state index contributed by atoms with van der Waals surface area (Å²) in [6.45, 7) is 5.62. The van der Waals surface area contributed by atoms with Crippen molar-refractivity contribution in [3.63, 3.8) is 0 Å². The molecule has 76 valence electrons. The summed E-state index contributed by atoms with van der Waals surface area (Å²) >= 11 is 0. The number of aliphatic carboxylic acids is 1. The normalized spacial score (nSPS) is 15.6. The number of nitrogens with one attached hydrogen (secondary N) is 1. The molecule has 0 heterocycles. The van der Waals surface area contributed by atoms with Gasteiger partial charge in [-0.25, -0.2) is 4.79 Å². The predicted octanol–water partition coefficient (Wildman–Crippen LogP) is 2.14. The van der Waals surface area contributed by atoms with Crippen LogP contribution in [-0.2, 0) is 4.79 Å². The minimum absolute atomic E-state index is 0.656. The Bertz CT molecular complexity index is 189. The van der Waals surface area contributed by atoms with Gasteiger partial charge < -0.3 is 10.4 Å². The van der Waals surface area contributed by atoms with Crippen LogP contribution in [0.3, 0.4) is 0 Å². The second-order valence-corrected chi connectivity index (χ2v) is 3.39. The highest BCUT2D eigenvalue weighted by molar-refractivity contribution is 5.78. The summed E-state index contributed by atoms with van der Waals surface area (Å²) in [6.07, 6.45) is 6.08. The van der Waals surface area contributed by atoms with Gasteiger partial charge in [-0.05, 0) is 26.5 Å². The van der Waals surface area contributed by atoms with E-state index in [1.54, 1.807) is 19.2 Å². The van der Waals surface area contributed by atoms with Gasteiger partial charge in [0.25, 0.3) is 0 Å². The monoisotopic (exact) mass is 185 g/mol. The van der Waals surface area contributed by atoms with Gasteiger partial charge in [0.05, 0.1) is 0 Å². The van der Waals surface area contributed by atoms with E-state index >= 15 is 0 Å². The maximum atomic E-state index is 10.9. The van der Waals surface area contributed by atoms with E-state index in [2.05, 4.69) is 12.2 Å². The molecule has 3 nitrogen and oxygen atoms in total. The van der Waals surface area contributed by atoms with Crippen LogP contribution >= 0.6 is 0 Å². The molecule has 0 aliphatic rings. The van der Waals surface area contributed by atoms with Crippen LogP contribution in [0.2, 0.25) is 0 Å². The van der Waals surface area contributed by atoms with E-state index < -0.39 is 11.5 Å². The molecule has 0 radical (unpaired) electrons. The molecule has 0 aliphatic carbocycles. The van der Waals surface area contributed by atoms with Crippen molar-refractivity contribution in [1.29, 1.82) is 0 Å². The minimum atomic E-state index is -0.817. The molecule has 13 heavy (non-hydrogen) atoms. The van der Waals surface area contributed by atoms with Crippen molar-refractivity contribution in [2.24, 2.45) is 0 Å². The first-order chi connectivity index (χ1) is 6.06. The Hall–Kier alpha value is -0.990. The van der Waals surface area contributed by atoms with Crippen LogP contribution in [0.15, 0.2) is 12.3 Å². The molecule has 0 saturated heterocycles. The highest BCUT2D eigenvalue weighted by Gasteiger charge is 2.30. The minimum Gasteiger partial charge on any atom is -0.480 e. The zero-order chi connectivity index (χ0) is 10.3. The molecule has 0 saturated carbocycles. The Morgan fingerprint density at radius 3 is 2.62 bits per heavy atom. The third kappa shape index (κ3) is 3.97. The average Bonchev–Trinajstić information content (AvgIpc) is 2.11. The van der Waals surface area contributed by atoms with Crippen LogP contribution in [0.5, 0.6) is 0 Å². The third-order valence-corrected chi connectivity index (χ3v) is 2.07. The number of allylic oxidation sites excluding steroid dienone is 1. The van der Waals surface area contributed by atoms with E-state index in [4.69, 9.17) is 5.11 Å².